The van der Waals surface area contributed by atoms with E-state index < -0.39 is 9.84 Å². The Kier molecular flexibility index (Phi) is 4.93. The molecule has 1 aliphatic heterocycles. The third-order valence-corrected chi connectivity index (χ3v) is 9.12. The van der Waals surface area contributed by atoms with Gasteiger partial charge < -0.3 is 10.3 Å². The molecule has 2 fully saturated rings. The Morgan fingerprint density at radius 3 is 2.53 bits per heavy atom. The van der Waals surface area contributed by atoms with Crippen molar-refractivity contribution in [1.82, 2.24) is 10.3 Å². The van der Waals surface area contributed by atoms with E-state index in [9.17, 15) is 13.2 Å². The molecule has 2 aromatic carbocycles. The minimum Gasteiger partial charge on any atom is -0.361 e. The normalized spacial score (nSPS) is 22.0. The minimum atomic E-state index is -3.02. The Labute approximate surface area is 189 Å². The molecule has 5 rings (SSSR count). The van der Waals surface area contributed by atoms with Gasteiger partial charge in [-0.15, -0.1) is 0 Å². The van der Waals surface area contributed by atoms with Crippen LogP contribution in [0.4, 0.5) is 0 Å². The molecule has 2 N–H and O–H groups in total. The van der Waals surface area contributed by atoms with Crippen molar-refractivity contribution in [1.29, 1.82) is 0 Å². The molecule has 0 spiro atoms. The molecule has 1 unspecified atom stereocenters. The van der Waals surface area contributed by atoms with Gasteiger partial charge in [0.05, 0.1) is 11.5 Å². The molecule has 0 bridgehead atoms. The summed E-state index contributed by atoms with van der Waals surface area (Å²) in [7, 11) is -3.02. The van der Waals surface area contributed by atoms with Crippen molar-refractivity contribution in [2.45, 2.75) is 37.1 Å². The molecule has 7 heteroatoms. The molecule has 1 saturated carbocycles. The third-order valence-electron chi connectivity index (χ3n) is 6.63. The third kappa shape index (κ3) is 3.45. The van der Waals surface area contributed by atoms with E-state index in [1.807, 2.05) is 18.2 Å². The zero-order valence-corrected chi connectivity index (χ0v) is 19.4. The maximum atomic E-state index is 12.7. The van der Waals surface area contributed by atoms with Crippen LogP contribution in [-0.4, -0.2) is 36.9 Å². The zero-order valence-electron chi connectivity index (χ0n) is 16.4. The summed E-state index contributed by atoms with van der Waals surface area (Å²) in [5.41, 5.74) is 4.16. The van der Waals surface area contributed by atoms with Gasteiger partial charge >= 0.3 is 0 Å². The maximum absolute atomic E-state index is 12.7. The first-order chi connectivity index (χ1) is 14.4. The molecular weight excluding hydrogens is 511 g/mol. The molecule has 1 atom stereocenters. The van der Waals surface area contributed by atoms with Gasteiger partial charge in [0.1, 0.15) is 0 Å². The van der Waals surface area contributed by atoms with E-state index in [-0.39, 0.29) is 28.9 Å². The molecule has 1 amide bonds. The summed E-state index contributed by atoms with van der Waals surface area (Å²) in [5, 5.41) is 4.02. The van der Waals surface area contributed by atoms with E-state index in [1.54, 1.807) is 0 Å². The second-order valence-electron chi connectivity index (χ2n) is 8.48. The quantitative estimate of drug-likeness (QED) is 0.494. The van der Waals surface area contributed by atoms with Gasteiger partial charge in [-0.05, 0) is 77.2 Å². The minimum absolute atomic E-state index is 0.0323. The lowest BCUT2D eigenvalue weighted by Crippen LogP contribution is -2.35. The number of fused-ring (bicyclic) bond motifs is 1. The molecule has 156 valence electrons. The number of hydrogen-bond donors (Lipinski definition) is 2. The number of amides is 1. The number of hydrogen-bond acceptors (Lipinski definition) is 3. The van der Waals surface area contributed by atoms with Gasteiger partial charge in [-0.2, -0.15) is 0 Å². The largest absolute Gasteiger partial charge is 0.361 e. The molecule has 1 aromatic heterocycles. The number of carbonyl (C=O) groups excluding carboxylic acids is 1. The highest BCUT2D eigenvalue weighted by Gasteiger charge is 2.41. The average molecular weight is 534 g/mol. The lowest BCUT2D eigenvalue weighted by molar-refractivity contribution is 0.0941. The van der Waals surface area contributed by atoms with E-state index in [1.165, 1.54) is 21.1 Å². The number of halogens is 1. The number of sulfone groups is 1. The monoisotopic (exact) mass is 534 g/mol. The summed E-state index contributed by atoms with van der Waals surface area (Å²) in [6, 6.07) is 14.2. The van der Waals surface area contributed by atoms with Crippen molar-refractivity contribution >= 4 is 49.2 Å². The smallest absolute Gasteiger partial charge is 0.251 e. The van der Waals surface area contributed by atoms with Gasteiger partial charge in [0.25, 0.3) is 5.91 Å². The Hall–Kier alpha value is -1.87. The molecule has 0 radical (unpaired) electrons. The van der Waals surface area contributed by atoms with E-state index in [0.717, 1.165) is 23.7 Å². The molecule has 3 aromatic rings. The number of rotatable bonds is 4. The summed E-state index contributed by atoms with van der Waals surface area (Å²) in [6.45, 7) is 0. The first kappa shape index (κ1) is 20.1. The Bertz CT molecular complexity index is 1230. The summed E-state index contributed by atoms with van der Waals surface area (Å²) in [6.07, 6.45) is 6.04. The number of aromatic amines is 1. The van der Waals surface area contributed by atoms with Gasteiger partial charge in [0.15, 0.2) is 9.84 Å². The van der Waals surface area contributed by atoms with Crippen molar-refractivity contribution in [3.8, 4) is 0 Å². The Morgan fingerprint density at radius 1 is 1.13 bits per heavy atom. The van der Waals surface area contributed by atoms with Crippen molar-refractivity contribution in [3.05, 3.63) is 68.9 Å². The van der Waals surface area contributed by atoms with E-state index >= 15 is 0 Å². The van der Waals surface area contributed by atoms with Crippen LogP contribution in [0.2, 0.25) is 0 Å². The average Bonchev–Trinajstić information content (AvgIpc) is 3.25. The molecule has 5 nitrogen and oxygen atoms in total. The number of benzene rings is 2. The Morgan fingerprint density at radius 2 is 1.90 bits per heavy atom. The van der Waals surface area contributed by atoms with E-state index in [2.05, 4.69) is 63.4 Å². The fourth-order valence-electron chi connectivity index (χ4n) is 4.85. The van der Waals surface area contributed by atoms with Crippen LogP contribution in [0.3, 0.4) is 0 Å². The highest BCUT2D eigenvalue weighted by molar-refractivity contribution is 14.1. The predicted molar refractivity (Wildman–Crippen MR) is 127 cm³/mol. The Balaban J connectivity index is 1.44. The van der Waals surface area contributed by atoms with Crippen molar-refractivity contribution < 1.29 is 13.2 Å². The molecular formula is C23H23IN2O3S. The fourth-order valence-corrected chi connectivity index (χ4v) is 6.89. The van der Waals surface area contributed by atoms with Crippen molar-refractivity contribution in [3.63, 3.8) is 0 Å². The topological polar surface area (TPSA) is 79.0 Å². The van der Waals surface area contributed by atoms with Gasteiger partial charge in [-0.1, -0.05) is 24.6 Å². The summed E-state index contributed by atoms with van der Waals surface area (Å²) >= 11 is 2.33. The second kappa shape index (κ2) is 7.37. The van der Waals surface area contributed by atoms with Crippen molar-refractivity contribution in [2.24, 2.45) is 0 Å². The maximum Gasteiger partial charge on any atom is 0.251 e. The zero-order chi connectivity index (χ0) is 20.9. The van der Waals surface area contributed by atoms with Crippen LogP contribution >= 0.6 is 22.6 Å². The highest BCUT2D eigenvalue weighted by atomic mass is 127. The molecule has 2 heterocycles. The van der Waals surface area contributed by atoms with Gasteiger partial charge in [0, 0.05) is 37.7 Å². The molecule has 30 heavy (non-hydrogen) atoms. The lowest BCUT2D eigenvalue weighted by atomic mass is 9.60. The molecule has 1 saturated heterocycles. The van der Waals surface area contributed by atoms with Crippen LogP contribution < -0.4 is 5.32 Å². The predicted octanol–water partition coefficient (Wildman–Crippen LogP) is 4.16. The number of H-pyrrole nitrogens is 1. The van der Waals surface area contributed by atoms with Crippen LogP contribution in [0.5, 0.6) is 0 Å². The van der Waals surface area contributed by atoms with Gasteiger partial charge in [-0.3, -0.25) is 4.79 Å². The second-order valence-corrected chi connectivity index (χ2v) is 12.0. The number of aromatic nitrogens is 1. The SMILES string of the molecule is O=C(NC1CCS(=O)(=O)C1)c1ccc2c(C3(c4ccc(I)cc4)CCC3)c[nH]c2c1. The van der Waals surface area contributed by atoms with Crippen molar-refractivity contribution in [2.75, 3.05) is 11.5 Å². The summed E-state index contributed by atoms with van der Waals surface area (Å²) < 4.78 is 24.5. The lowest BCUT2D eigenvalue weighted by Gasteiger charge is -2.42. The van der Waals surface area contributed by atoms with Crippen LogP contribution in [-0.2, 0) is 15.3 Å². The van der Waals surface area contributed by atoms with Crippen LogP contribution in [0, 0.1) is 3.57 Å². The molecule has 1 aliphatic carbocycles. The number of nitrogens with one attached hydrogen (secondary N) is 2. The first-order valence-electron chi connectivity index (χ1n) is 10.3. The van der Waals surface area contributed by atoms with Gasteiger partial charge in [-0.25, -0.2) is 8.42 Å². The fraction of sp³-hybridized carbons (Fsp3) is 0.348. The first-order valence-corrected chi connectivity index (χ1v) is 13.2. The van der Waals surface area contributed by atoms with Crippen LogP contribution in [0.1, 0.15) is 47.2 Å². The van der Waals surface area contributed by atoms with Gasteiger partial charge in [0.2, 0.25) is 0 Å². The van der Waals surface area contributed by atoms with E-state index in [4.69, 9.17) is 0 Å². The van der Waals surface area contributed by atoms with Crippen LogP contribution in [0.25, 0.3) is 10.9 Å². The molecule has 2 aliphatic rings. The summed E-state index contributed by atoms with van der Waals surface area (Å²) in [4.78, 5) is 16.0. The highest BCUT2D eigenvalue weighted by Crippen LogP contribution is 2.51. The number of carbonyl (C=O) groups is 1. The van der Waals surface area contributed by atoms with Crippen LogP contribution in [0.15, 0.2) is 48.7 Å². The standard InChI is InChI=1S/C23H23IN2O3S/c24-17-5-3-16(4-6-17)23(9-1-10-23)20-13-25-21-12-15(2-7-19(20)21)22(27)26-18-8-11-30(28,29)14-18/h2-7,12-13,18,25H,1,8-11,14H2,(H,26,27). The summed E-state index contributed by atoms with van der Waals surface area (Å²) in [5.74, 6) is -0.0323. The van der Waals surface area contributed by atoms with E-state index in [0.29, 0.717) is 12.0 Å².